The molecule has 5 nitrogen and oxygen atoms in total. The number of carbonyl (C=O) groups excluding carboxylic acids is 1. The first-order valence-electron chi connectivity index (χ1n) is 6.63. The molecule has 5 heteroatoms. The van der Waals surface area contributed by atoms with Crippen molar-refractivity contribution >= 4 is 17.7 Å². The van der Waals surface area contributed by atoms with E-state index < -0.39 is 0 Å². The molecule has 1 heterocycles. The fourth-order valence-electron chi connectivity index (χ4n) is 2.04. The van der Waals surface area contributed by atoms with Crippen LogP contribution in [0.1, 0.15) is 11.1 Å². The zero-order chi connectivity index (χ0) is 15.4. The summed E-state index contributed by atoms with van der Waals surface area (Å²) in [6.45, 7) is 0.220. The molecule has 0 radical (unpaired) electrons. The van der Waals surface area contributed by atoms with Crippen LogP contribution in [0.3, 0.4) is 0 Å². The number of nitrogens with one attached hydrogen (secondary N) is 1. The largest absolute Gasteiger partial charge is 0.454 e. The lowest BCUT2D eigenvalue weighted by Crippen LogP contribution is -2.07. The van der Waals surface area contributed by atoms with Gasteiger partial charge in [-0.15, -0.1) is 0 Å². The van der Waals surface area contributed by atoms with Crippen molar-refractivity contribution in [1.82, 2.24) is 0 Å². The molecule has 0 fully saturated rings. The van der Waals surface area contributed by atoms with Crippen molar-refractivity contribution in [3.63, 3.8) is 0 Å². The molecule has 1 aliphatic rings. The van der Waals surface area contributed by atoms with E-state index >= 15 is 0 Å². The van der Waals surface area contributed by atoms with Crippen molar-refractivity contribution < 1.29 is 14.3 Å². The minimum Gasteiger partial charge on any atom is -0.454 e. The molecule has 2 aromatic carbocycles. The van der Waals surface area contributed by atoms with Crippen molar-refractivity contribution in [2.75, 3.05) is 12.1 Å². The predicted molar refractivity (Wildman–Crippen MR) is 81.4 cm³/mol. The van der Waals surface area contributed by atoms with Crippen LogP contribution in [0, 0.1) is 11.3 Å². The fourth-order valence-corrected chi connectivity index (χ4v) is 2.04. The summed E-state index contributed by atoms with van der Waals surface area (Å²) >= 11 is 0. The normalized spacial score (nSPS) is 12.1. The summed E-state index contributed by atoms with van der Waals surface area (Å²) in [5, 5.41) is 11.5. The highest BCUT2D eigenvalue weighted by Gasteiger charge is 2.12. The first-order chi connectivity index (χ1) is 10.7. The minimum absolute atomic E-state index is 0.220. The first kappa shape index (κ1) is 13.7. The molecular weight excluding hydrogens is 280 g/mol. The third-order valence-corrected chi connectivity index (χ3v) is 3.08. The Bertz CT molecular complexity index is 791. The van der Waals surface area contributed by atoms with Crippen LogP contribution in [0.2, 0.25) is 0 Å². The molecule has 0 aromatic heterocycles. The van der Waals surface area contributed by atoms with E-state index in [4.69, 9.17) is 14.7 Å². The summed E-state index contributed by atoms with van der Waals surface area (Å²) in [5.41, 5.74) is 1.92. The van der Waals surface area contributed by atoms with Gasteiger partial charge in [-0.25, -0.2) is 0 Å². The van der Waals surface area contributed by atoms with Gasteiger partial charge < -0.3 is 14.8 Å². The average Bonchev–Trinajstić information content (AvgIpc) is 3.00. The Morgan fingerprint density at radius 2 is 2.05 bits per heavy atom. The van der Waals surface area contributed by atoms with Gasteiger partial charge >= 0.3 is 0 Å². The van der Waals surface area contributed by atoms with Crippen LogP contribution in [0.5, 0.6) is 11.5 Å². The third-order valence-electron chi connectivity index (χ3n) is 3.08. The molecule has 0 aliphatic carbocycles. The quantitative estimate of drug-likeness (QED) is 0.883. The van der Waals surface area contributed by atoms with Gasteiger partial charge in [-0.2, -0.15) is 5.26 Å². The van der Waals surface area contributed by atoms with Gasteiger partial charge in [0.1, 0.15) is 0 Å². The SMILES string of the molecule is N#Cc1cccc(NC(=O)C=Cc2ccc3c(c2)OCO3)c1. The van der Waals surface area contributed by atoms with E-state index in [0.29, 0.717) is 22.7 Å². The number of hydrogen-bond donors (Lipinski definition) is 1. The van der Waals surface area contributed by atoms with Gasteiger partial charge in [-0.05, 0) is 42.0 Å². The lowest BCUT2D eigenvalue weighted by molar-refractivity contribution is -0.111. The van der Waals surface area contributed by atoms with Crippen LogP contribution in [0.25, 0.3) is 6.08 Å². The first-order valence-corrected chi connectivity index (χ1v) is 6.63. The van der Waals surface area contributed by atoms with E-state index in [2.05, 4.69) is 5.32 Å². The van der Waals surface area contributed by atoms with E-state index in [-0.39, 0.29) is 12.7 Å². The van der Waals surface area contributed by atoms with Gasteiger partial charge in [-0.1, -0.05) is 12.1 Å². The van der Waals surface area contributed by atoms with Gasteiger partial charge in [0.05, 0.1) is 11.6 Å². The highest BCUT2D eigenvalue weighted by Crippen LogP contribution is 2.32. The number of nitrogens with zero attached hydrogens (tertiary/aromatic N) is 1. The van der Waals surface area contributed by atoms with Crippen LogP contribution < -0.4 is 14.8 Å². The molecule has 0 saturated carbocycles. The van der Waals surface area contributed by atoms with Crippen molar-refractivity contribution in [1.29, 1.82) is 5.26 Å². The summed E-state index contributed by atoms with van der Waals surface area (Å²) in [4.78, 5) is 11.9. The van der Waals surface area contributed by atoms with Crippen molar-refractivity contribution in [3.8, 4) is 17.6 Å². The maximum atomic E-state index is 11.9. The molecular formula is C17H12N2O3. The van der Waals surface area contributed by atoms with Crippen LogP contribution >= 0.6 is 0 Å². The molecule has 0 bridgehead atoms. The molecule has 2 aromatic rings. The van der Waals surface area contributed by atoms with Gasteiger partial charge in [0.15, 0.2) is 11.5 Å². The molecule has 1 aliphatic heterocycles. The molecule has 22 heavy (non-hydrogen) atoms. The minimum atomic E-state index is -0.271. The Morgan fingerprint density at radius 1 is 1.18 bits per heavy atom. The number of carbonyl (C=O) groups is 1. The number of rotatable bonds is 3. The number of ether oxygens (including phenoxy) is 2. The third kappa shape index (κ3) is 3.07. The van der Waals surface area contributed by atoms with Gasteiger partial charge in [0.2, 0.25) is 12.7 Å². The van der Waals surface area contributed by atoms with E-state index in [1.54, 1.807) is 36.4 Å². The fraction of sp³-hybridized carbons (Fsp3) is 0.0588. The summed E-state index contributed by atoms with van der Waals surface area (Å²) in [6.07, 6.45) is 3.11. The molecule has 108 valence electrons. The Kier molecular flexibility index (Phi) is 3.75. The van der Waals surface area contributed by atoms with Gasteiger partial charge in [0.25, 0.3) is 0 Å². The number of benzene rings is 2. The second-order valence-electron chi connectivity index (χ2n) is 4.63. The maximum Gasteiger partial charge on any atom is 0.248 e. The highest BCUT2D eigenvalue weighted by molar-refractivity contribution is 6.02. The van der Waals surface area contributed by atoms with Crippen LogP contribution in [-0.4, -0.2) is 12.7 Å². The summed E-state index contributed by atoms with van der Waals surface area (Å²) in [6, 6.07) is 14.2. The maximum absolute atomic E-state index is 11.9. The molecule has 0 saturated heterocycles. The Labute approximate surface area is 127 Å². The number of amides is 1. The number of nitriles is 1. The zero-order valence-corrected chi connectivity index (χ0v) is 11.6. The molecule has 1 amide bonds. The van der Waals surface area contributed by atoms with E-state index in [0.717, 1.165) is 5.56 Å². The monoisotopic (exact) mass is 292 g/mol. The second-order valence-corrected chi connectivity index (χ2v) is 4.63. The summed E-state index contributed by atoms with van der Waals surface area (Å²) < 4.78 is 10.5. The van der Waals surface area contributed by atoms with Crippen LogP contribution in [0.15, 0.2) is 48.5 Å². The smallest absolute Gasteiger partial charge is 0.248 e. The van der Waals surface area contributed by atoms with E-state index in [1.807, 2.05) is 18.2 Å². The van der Waals surface area contributed by atoms with E-state index in [1.165, 1.54) is 6.08 Å². The lowest BCUT2D eigenvalue weighted by atomic mass is 10.2. The number of fused-ring (bicyclic) bond motifs is 1. The standard InChI is InChI=1S/C17H12N2O3/c18-10-13-2-1-3-14(8-13)19-17(20)7-5-12-4-6-15-16(9-12)22-11-21-15/h1-9H,11H2,(H,19,20). The van der Waals surface area contributed by atoms with Crippen molar-refractivity contribution in [3.05, 3.63) is 59.7 Å². The van der Waals surface area contributed by atoms with Crippen LogP contribution in [0.4, 0.5) is 5.69 Å². The Hall–Kier alpha value is -3.26. The van der Waals surface area contributed by atoms with Gasteiger partial charge in [-0.3, -0.25) is 4.79 Å². The average molecular weight is 292 g/mol. The molecule has 0 unspecified atom stereocenters. The number of anilines is 1. The lowest BCUT2D eigenvalue weighted by Gasteiger charge is -2.02. The summed E-state index contributed by atoms with van der Waals surface area (Å²) in [7, 11) is 0. The van der Waals surface area contributed by atoms with E-state index in [9.17, 15) is 4.79 Å². The second kappa shape index (κ2) is 6.02. The Balaban J connectivity index is 1.67. The molecule has 3 rings (SSSR count). The summed E-state index contributed by atoms with van der Waals surface area (Å²) in [5.74, 6) is 1.10. The van der Waals surface area contributed by atoms with Crippen molar-refractivity contribution in [2.24, 2.45) is 0 Å². The highest BCUT2D eigenvalue weighted by atomic mass is 16.7. The topological polar surface area (TPSA) is 71.4 Å². The Morgan fingerprint density at radius 3 is 2.91 bits per heavy atom. The molecule has 0 atom stereocenters. The molecule has 0 spiro atoms. The van der Waals surface area contributed by atoms with Gasteiger partial charge in [0, 0.05) is 11.8 Å². The van der Waals surface area contributed by atoms with Crippen LogP contribution in [-0.2, 0) is 4.79 Å². The zero-order valence-electron chi connectivity index (χ0n) is 11.6. The number of hydrogen-bond acceptors (Lipinski definition) is 4. The van der Waals surface area contributed by atoms with Crippen molar-refractivity contribution in [2.45, 2.75) is 0 Å². The predicted octanol–water partition coefficient (Wildman–Crippen LogP) is 2.94. The molecule has 1 N–H and O–H groups in total.